The van der Waals surface area contributed by atoms with Gasteiger partial charge < -0.3 is 9.30 Å². The monoisotopic (exact) mass is 508 g/mol. The number of benzene rings is 3. The molecule has 4 rings (SSSR count). The molecule has 1 aromatic heterocycles. The lowest BCUT2D eigenvalue weighted by Crippen LogP contribution is -2.22. The van der Waals surface area contributed by atoms with Gasteiger partial charge in [0.1, 0.15) is 6.54 Å². The zero-order valence-electron chi connectivity index (χ0n) is 18.8. The van der Waals surface area contributed by atoms with Gasteiger partial charge in [-0.3, -0.25) is 14.4 Å². The second kappa shape index (κ2) is 9.77. The molecule has 0 unspecified atom stereocenters. The number of ketones is 1. The van der Waals surface area contributed by atoms with Crippen molar-refractivity contribution < 1.29 is 27.5 Å². The Balaban J connectivity index is 1.72. The first-order chi connectivity index (χ1) is 16.7. The maximum atomic E-state index is 12.9. The Morgan fingerprint density at radius 2 is 1.54 bits per heavy atom. The molecular formula is C25H20N2O6S2. The van der Waals surface area contributed by atoms with Crippen LogP contribution in [0.2, 0.25) is 0 Å². The van der Waals surface area contributed by atoms with Crippen molar-refractivity contribution in [3.63, 3.8) is 0 Å². The molecule has 0 fully saturated rings. The quantitative estimate of drug-likeness (QED) is 0.292. The Morgan fingerprint density at radius 1 is 0.914 bits per heavy atom. The number of ether oxygens (including phenoxy) is 1. The zero-order valence-corrected chi connectivity index (χ0v) is 20.4. The number of rotatable bonds is 6. The molecule has 4 aromatic rings. The highest BCUT2D eigenvalue weighted by atomic mass is 32.2. The summed E-state index contributed by atoms with van der Waals surface area (Å²) in [5, 5.41) is 0. The summed E-state index contributed by atoms with van der Waals surface area (Å²) in [6.07, 6.45) is 1.10. The van der Waals surface area contributed by atoms with E-state index in [0.717, 1.165) is 17.6 Å². The largest absolute Gasteiger partial charge is 0.468 e. The van der Waals surface area contributed by atoms with Crippen LogP contribution >= 0.6 is 11.3 Å². The van der Waals surface area contributed by atoms with Gasteiger partial charge in [0.25, 0.3) is 5.91 Å². The van der Waals surface area contributed by atoms with Crippen LogP contribution in [0.1, 0.15) is 26.3 Å². The summed E-state index contributed by atoms with van der Waals surface area (Å²) in [6.45, 7) is -0.203. The van der Waals surface area contributed by atoms with Crippen LogP contribution < -0.4 is 4.80 Å². The highest BCUT2D eigenvalue weighted by Crippen LogP contribution is 2.22. The molecule has 10 heteroatoms. The number of hydrogen-bond acceptors (Lipinski definition) is 7. The van der Waals surface area contributed by atoms with Crippen LogP contribution in [0.5, 0.6) is 0 Å². The first-order valence-corrected chi connectivity index (χ1v) is 13.1. The van der Waals surface area contributed by atoms with Gasteiger partial charge in [0.2, 0.25) is 0 Å². The minimum atomic E-state index is -3.44. The Morgan fingerprint density at radius 3 is 2.17 bits per heavy atom. The number of amides is 1. The van der Waals surface area contributed by atoms with E-state index >= 15 is 0 Å². The highest BCUT2D eigenvalue weighted by molar-refractivity contribution is 7.90. The molecule has 0 radical (unpaired) electrons. The molecule has 0 aliphatic carbocycles. The third kappa shape index (κ3) is 5.28. The minimum Gasteiger partial charge on any atom is -0.468 e. The van der Waals surface area contributed by atoms with E-state index in [1.165, 1.54) is 35.9 Å². The molecule has 0 saturated carbocycles. The summed E-state index contributed by atoms with van der Waals surface area (Å²) >= 11 is 1.08. The van der Waals surface area contributed by atoms with E-state index in [4.69, 9.17) is 4.74 Å². The maximum Gasteiger partial charge on any atom is 0.325 e. The first kappa shape index (κ1) is 24.2. The third-order valence-electron chi connectivity index (χ3n) is 5.22. The standard InChI is InChI=1S/C25H20N2O6S2/c1-33-22(28)15-27-20-13-12-19(35(2,31)32)14-21(20)34-25(27)26-24(30)18-10-8-17(9-11-18)23(29)16-6-4-3-5-7-16/h3-14H,15H2,1-2H3. The molecule has 0 spiro atoms. The molecule has 0 N–H and O–H groups in total. The van der Waals surface area contributed by atoms with E-state index in [-0.39, 0.29) is 27.6 Å². The fourth-order valence-electron chi connectivity index (χ4n) is 3.39. The molecule has 0 atom stereocenters. The lowest BCUT2D eigenvalue weighted by atomic mass is 10.0. The average Bonchev–Trinajstić information content (AvgIpc) is 3.19. The van der Waals surface area contributed by atoms with Crippen molar-refractivity contribution in [2.24, 2.45) is 4.99 Å². The summed E-state index contributed by atoms with van der Waals surface area (Å²) in [6, 6.07) is 19.4. The number of esters is 1. The number of sulfone groups is 1. The number of thiazole rings is 1. The van der Waals surface area contributed by atoms with E-state index < -0.39 is 21.7 Å². The second-order valence-corrected chi connectivity index (χ2v) is 10.7. The zero-order chi connectivity index (χ0) is 25.2. The smallest absolute Gasteiger partial charge is 0.325 e. The van der Waals surface area contributed by atoms with Crippen LogP contribution in [-0.2, 0) is 25.9 Å². The number of methoxy groups -OCH3 is 1. The molecular weight excluding hydrogens is 488 g/mol. The fraction of sp³-hybridized carbons (Fsp3) is 0.120. The van der Waals surface area contributed by atoms with Crippen molar-refractivity contribution in [3.05, 3.63) is 94.3 Å². The number of carbonyl (C=O) groups excluding carboxylic acids is 3. The van der Waals surface area contributed by atoms with Crippen LogP contribution in [0.25, 0.3) is 10.2 Å². The Kier molecular flexibility index (Phi) is 6.77. The molecule has 178 valence electrons. The molecule has 35 heavy (non-hydrogen) atoms. The highest BCUT2D eigenvalue weighted by Gasteiger charge is 2.16. The van der Waals surface area contributed by atoms with E-state index in [1.54, 1.807) is 42.5 Å². The van der Waals surface area contributed by atoms with Crippen LogP contribution in [0.15, 0.2) is 82.7 Å². The predicted molar refractivity (Wildman–Crippen MR) is 131 cm³/mol. The lowest BCUT2D eigenvalue weighted by molar-refractivity contribution is -0.141. The van der Waals surface area contributed by atoms with Crippen molar-refractivity contribution >= 4 is 49.1 Å². The topological polar surface area (TPSA) is 112 Å². The van der Waals surface area contributed by atoms with Gasteiger partial charge in [-0.1, -0.05) is 53.8 Å². The summed E-state index contributed by atoms with van der Waals surface area (Å²) in [4.78, 5) is 42.0. The Bertz CT molecular complexity index is 1620. The fourth-order valence-corrected chi connectivity index (χ4v) is 5.18. The third-order valence-corrected chi connectivity index (χ3v) is 7.38. The predicted octanol–water partition coefficient (Wildman–Crippen LogP) is 3.25. The second-order valence-electron chi connectivity index (χ2n) is 7.64. The lowest BCUT2D eigenvalue weighted by Gasteiger charge is -2.04. The summed E-state index contributed by atoms with van der Waals surface area (Å²) < 4.78 is 30.7. The summed E-state index contributed by atoms with van der Waals surface area (Å²) in [7, 11) is -2.19. The van der Waals surface area contributed by atoms with Gasteiger partial charge in [-0.05, 0) is 30.3 Å². The minimum absolute atomic E-state index is 0.119. The van der Waals surface area contributed by atoms with Gasteiger partial charge in [0.05, 0.1) is 22.2 Å². The van der Waals surface area contributed by atoms with E-state index in [2.05, 4.69) is 4.99 Å². The van der Waals surface area contributed by atoms with E-state index in [1.807, 2.05) is 6.07 Å². The van der Waals surface area contributed by atoms with Crippen molar-refractivity contribution in [2.75, 3.05) is 13.4 Å². The molecule has 0 aliphatic heterocycles. The van der Waals surface area contributed by atoms with Gasteiger partial charge >= 0.3 is 5.97 Å². The molecule has 1 heterocycles. The molecule has 0 bridgehead atoms. The van der Waals surface area contributed by atoms with Gasteiger partial charge in [0.15, 0.2) is 20.4 Å². The van der Waals surface area contributed by atoms with Gasteiger partial charge in [-0.15, -0.1) is 0 Å². The number of hydrogen-bond donors (Lipinski definition) is 0. The molecule has 8 nitrogen and oxygen atoms in total. The first-order valence-electron chi connectivity index (χ1n) is 10.4. The van der Waals surface area contributed by atoms with Gasteiger partial charge in [0, 0.05) is 22.9 Å². The SMILES string of the molecule is COC(=O)Cn1c(=NC(=O)c2ccc(C(=O)c3ccccc3)cc2)sc2cc(S(C)(=O)=O)ccc21. The molecule has 1 amide bonds. The van der Waals surface area contributed by atoms with Gasteiger partial charge in [-0.25, -0.2) is 8.42 Å². The molecule has 0 aliphatic rings. The van der Waals surface area contributed by atoms with Crippen molar-refractivity contribution in [3.8, 4) is 0 Å². The van der Waals surface area contributed by atoms with Crippen molar-refractivity contribution in [1.29, 1.82) is 0 Å². The van der Waals surface area contributed by atoms with Crippen LogP contribution in [0, 0.1) is 0 Å². The van der Waals surface area contributed by atoms with Crippen LogP contribution in [0.4, 0.5) is 0 Å². The number of fused-ring (bicyclic) bond motifs is 1. The van der Waals surface area contributed by atoms with E-state index in [0.29, 0.717) is 21.3 Å². The number of aromatic nitrogens is 1. The van der Waals surface area contributed by atoms with Crippen LogP contribution in [0.3, 0.4) is 0 Å². The average molecular weight is 509 g/mol. The van der Waals surface area contributed by atoms with Crippen molar-refractivity contribution in [2.45, 2.75) is 11.4 Å². The summed E-state index contributed by atoms with van der Waals surface area (Å²) in [5.74, 6) is -1.28. The normalized spacial score (nSPS) is 12.0. The Labute approximate surface area is 205 Å². The van der Waals surface area contributed by atoms with E-state index in [9.17, 15) is 22.8 Å². The van der Waals surface area contributed by atoms with Gasteiger partial charge in [-0.2, -0.15) is 4.99 Å². The Hall–Kier alpha value is -3.89. The summed E-state index contributed by atoms with van der Waals surface area (Å²) in [5.41, 5.74) is 1.78. The molecule has 0 saturated heterocycles. The van der Waals surface area contributed by atoms with Crippen LogP contribution in [-0.4, -0.2) is 44.0 Å². The number of carbonyl (C=O) groups is 3. The molecule has 3 aromatic carbocycles. The number of nitrogens with zero attached hydrogens (tertiary/aromatic N) is 2. The van der Waals surface area contributed by atoms with Crippen molar-refractivity contribution in [1.82, 2.24) is 4.57 Å². The maximum absolute atomic E-state index is 12.9.